The number of halogens is 1. The van der Waals surface area contributed by atoms with Crippen LogP contribution in [-0.2, 0) is 4.79 Å². The molecule has 0 aromatic heterocycles. The van der Waals surface area contributed by atoms with Crippen LogP contribution in [0.3, 0.4) is 0 Å². The number of hydrogen-bond donors (Lipinski definition) is 1. The molecular formula is C12H13FO3. The Morgan fingerprint density at radius 3 is 2.50 bits per heavy atom. The molecule has 86 valence electrons. The fourth-order valence-corrected chi connectivity index (χ4v) is 1.47. The Kier molecular flexibility index (Phi) is 3.77. The Bertz CT molecular complexity index is 426. The van der Waals surface area contributed by atoms with E-state index in [9.17, 15) is 14.0 Å². The molecule has 1 rings (SSSR count). The monoisotopic (exact) mass is 224 g/mol. The van der Waals surface area contributed by atoms with Gasteiger partial charge in [-0.3, -0.25) is 9.59 Å². The van der Waals surface area contributed by atoms with E-state index in [4.69, 9.17) is 5.11 Å². The van der Waals surface area contributed by atoms with Gasteiger partial charge in [-0.1, -0.05) is 6.92 Å². The molecule has 0 spiro atoms. The van der Waals surface area contributed by atoms with Gasteiger partial charge in [-0.25, -0.2) is 4.39 Å². The zero-order chi connectivity index (χ0) is 12.3. The highest BCUT2D eigenvalue weighted by Crippen LogP contribution is 2.16. The molecule has 0 saturated heterocycles. The Balaban J connectivity index is 3.04. The number of Topliss-reactive ketones (excluding diaryl/α,β-unsaturated/α-hetero) is 1. The van der Waals surface area contributed by atoms with E-state index in [0.717, 1.165) is 0 Å². The largest absolute Gasteiger partial charge is 0.481 e. The number of aryl methyl sites for hydroxylation is 1. The van der Waals surface area contributed by atoms with Crippen LogP contribution in [0, 0.1) is 18.7 Å². The summed E-state index contributed by atoms with van der Waals surface area (Å²) in [6.45, 7) is 3.17. The van der Waals surface area contributed by atoms with Gasteiger partial charge in [0.15, 0.2) is 5.78 Å². The van der Waals surface area contributed by atoms with Crippen LogP contribution < -0.4 is 0 Å². The van der Waals surface area contributed by atoms with Crippen molar-refractivity contribution < 1.29 is 19.1 Å². The second-order valence-corrected chi connectivity index (χ2v) is 3.63. The summed E-state index contributed by atoms with van der Waals surface area (Å²) in [5.74, 6) is -3.07. The molecule has 3 nitrogen and oxygen atoms in total. The van der Waals surface area contributed by atoms with Crippen LogP contribution in [-0.4, -0.2) is 16.9 Å². The highest BCUT2D eigenvalue weighted by molar-refractivity contribution is 6.08. The molecule has 1 aromatic carbocycles. The van der Waals surface area contributed by atoms with Crippen LogP contribution in [0.25, 0.3) is 0 Å². The summed E-state index contributed by atoms with van der Waals surface area (Å²) in [6.07, 6.45) is 0.227. The van der Waals surface area contributed by atoms with Crippen molar-refractivity contribution in [3.63, 3.8) is 0 Å². The lowest BCUT2D eigenvalue weighted by molar-refractivity contribution is -0.140. The molecule has 0 bridgehead atoms. The highest BCUT2D eigenvalue weighted by atomic mass is 19.1. The lowest BCUT2D eigenvalue weighted by Crippen LogP contribution is -2.23. The smallest absolute Gasteiger partial charge is 0.314 e. The van der Waals surface area contributed by atoms with Crippen LogP contribution in [0.15, 0.2) is 18.2 Å². The first-order valence-corrected chi connectivity index (χ1v) is 5.00. The summed E-state index contributed by atoms with van der Waals surface area (Å²) in [5.41, 5.74) is 0.583. The maximum absolute atomic E-state index is 13.0. The second-order valence-electron chi connectivity index (χ2n) is 3.63. The molecule has 1 N–H and O–H groups in total. The number of benzene rings is 1. The predicted octanol–water partition coefficient (Wildman–Crippen LogP) is 2.43. The van der Waals surface area contributed by atoms with Crippen molar-refractivity contribution >= 4 is 11.8 Å². The third kappa shape index (κ3) is 2.45. The average molecular weight is 224 g/mol. The maximum Gasteiger partial charge on any atom is 0.314 e. The lowest BCUT2D eigenvalue weighted by Gasteiger charge is -2.09. The summed E-state index contributed by atoms with van der Waals surface area (Å²) in [4.78, 5) is 22.6. The number of carboxylic acid groups (broad SMARTS) is 1. The fraction of sp³-hybridized carbons (Fsp3) is 0.333. The molecule has 0 heterocycles. The predicted molar refractivity (Wildman–Crippen MR) is 56.9 cm³/mol. The van der Waals surface area contributed by atoms with Crippen molar-refractivity contribution in [2.75, 3.05) is 0 Å². The van der Waals surface area contributed by atoms with Crippen LogP contribution in [0.1, 0.15) is 29.3 Å². The van der Waals surface area contributed by atoms with Crippen molar-refractivity contribution in [2.45, 2.75) is 20.3 Å². The Morgan fingerprint density at radius 2 is 2.06 bits per heavy atom. The first-order chi connectivity index (χ1) is 7.47. The number of rotatable bonds is 4. The van der Waals surface area contributed by atoms with E-state index >= 15 is 0 Å². The molecule has 0 aliphatic carbocycles. The molecule has 0 aliphatic rings. The number of carbonyl (C=O) groups excluding carboxylic acids is 1. The van der Waals surface area contributed by atoms with Gasteiger partial charge in [-0.15, -0.1) is 0 Å². The first kappa shape index (κ1) is 12.4. The summed E-state index contributed by atoms with van der Waals surface area (Å²) < 4.78 is 13.0. The molecule has 1 aromatic rings. The Labute approximate surface area is 92.9 Å². The fourth-order valence-electron chi connectivity index (χ4n) is 1.47. The highest BCUT2D eigenvalue weighted by Gasteiger charge is 2.25. The van der Waals surface area contributed by atoms with Gasteiger partial charge in [-0.05, 0) is 37.1 Å². The van der Waals surface area contributed by atoms with Crippen molar-refractivity contribution in [2.24, 2.45) is 5.92 Å². The molecule has 4 heteroatoms. The molecule has 1 atom stereocenters. The zero-order valence-electron chi connectivity index (χ0n) is 9.16. The van der Waals surface area contributed by atoms with E-state index in [2.05, 4.69) is 0 Å². The van der Waals surface area contributed by atoms with Crippen molar-refractivity contribution in [1.82, 2.24) is 0 Å². The molecule has 0 aliphatic heterocycles. The van der Waals surface area contributed by atoms with Gasteiger partial charge in [0.25, 0.3) is 0 Å². The maximum atomic E-state index is 13.0. The minimum atomic E-state index is -1.14. The Hall–Kier alpha value is -1.71. The standard InChI is InChI=1S/C12H13FO3/c1-3-9(12(15)16)11(14)8-4-5-10(13)7(2)6-8/h4-6,9H,3H2,1-2H3,(H,15,16). The van der Waals surface area contributed by atoms with Crippen molar-refractivity contribution in [3.8, 4) is 0 Å². The van der Waals surface area contributed by atoms with Crippen LogP contribution in [0.2, 0.25) is 0 Å². The van der Waals surface area contributed by atoms with Gasteiger partial charge in [0.2, 0.25) is 0 Å². The summed E-state index contributed by atoms with van der Waals surface area (Å²) in [7, 11) is 0. The van der Waals surface area contributed by atoms with Gasteiger partial charge in [-0.2, -0.15) is 0 Å². The molecule has 0 radical (unpaired) electrons. The zero-order valence-corrected chi connectivity index (χ0v) is 9.16. The van der Waals surface area contributed by atoms with Crippen molar-refractivity contribution in [1.29, 1.82) is 0 Å². The van der Waals surface area contributed by atoms with E-state index in [-0.39, 0.29) is 12.0 Å². The minimum absolute atomic E-state index is 0.227. The van der Waals surface area contributed by atoms with Crippen LogP contribution in [0.4, 0.5) is 4.39 Å². The van der Waals surface area contributed by atoms with Gasteiger partial charge >= 0.3 is 5.97 Å². The van der Waals surface area contributed by atoms with E-state index in [1.165, 1.54) is 25.1 Å². The lowest BCUT2D eigenvalue weighted by atomic mass is 9.94. The first-order valence-electron chi connectivity index (χ1n) is 5.00. The minimum Gasteiger partial charge on any atom is -0.481 e. The molecule has 0 amide bonds. The molecule has 1 unspecified atom stereocenters. The number of aliphatic carboxylic acids is 1. The third-order valence-corrected chi connectivity index (χ3v) is 2.47. The van der Waals surface area contributed by atoms with E-state index in [0.29, 0.717) is 5.56 Å². The number of ketones is 1. The van der Waals surface area contributed by atoms with E-state index < -0.39 is 23.5 Å². The van der Waals surface area contributed by atoms with Gasteiger partial charge in [0.05, 0.1) is 0 Å². The number of carboxylic acids is 1. The topological polar surface area (TPSA) is 54.4 Å². The van der Waals surface area contributed by atoms with E-state index in [1.807, 2.05) is 0 Å². The molecule has 0 saturated carbocycles. The van der Waals surface area contributed by atoms with Crippen molar-refractivity contribution in [3.05, 3.63) is 35.1 Å². The number of carbonyl (C=O) groups is 2. The SMILES string of the molecule is CCC(C(=O)O)C(=O)c1ccc(F)c(C)c1. The second kappa shape index (κ2) is 4.88. The van der Waals surface area contributed by atoms with Crippen LogP contribution >= 0.6 is 0 Å². The van der Waals surface area contributed by atoms with Gasteiger partial charge in [0, 0.05) is 5.56 Å². The van der Waals surface area contributed by atoms with Crippen LogP contribution in [0.5, 0.6) is 0 Å². The van der Waals surface area contributed by atoms with Gasteiger partial charge < -0.3 is 5.11 Å². The number of hydrogen-bond acceptors (Lipinski definition) is 2. The summed E-state index contributed by atoms with van der Waals surface area (Å²) >= 11 is 0. The molecule has 0 fully saturated rings. The summed E-state index contributed by atoms with van der Waals surface area (Å²) in [6, 6.07) is 3.87. The quantitative estimate of drug-likeness (QED) is 0.631. The summed E-state index contributed by atoms with van der Waals surface area (Å²) in [5, 5.41) is 8.83. The van der Waals surface area contributed by atoms with E-state index in [1.54, 1.807) is 6.92 Å². The average Bonchev–Trinajstić information content (AvgIpc) is 2.22. The van der Waals surface area contributed by atoms with Gasteiger partial charge in [0.1, 0.15) is 11.7 Å². The Morgan fingerprint density at radius 1 is 1.44 bits per heavy atom. The molecule has 16 heavy (non-hydrogen) atoms. The third-order valence-electron chi connectivity index (χ3n) is 2.47. The molecular weight excluding hydrogens is 211 g/mol. The normalized spacial score (nSPS) is 12.2.